The second kappa shape index (κ2) is 15.3. The topological polar surface area (TPSA) is 38.4 Å². The number of fused-ring (bicyclic) bond motifs is 6. The van der Waals surface area contributed by atoms with Gasteiger partial charge in [-0.05, 0) is 101 Å². The molecule has 0 aromatic heterocycles. The van der Waals surface area contributed by atoms with Gasteiger partial charge in [-0.15, -0.1) is 0 Å². The van der Waals surface area contributed by atoms with E-state index in [2.05, 4.69) is 112 Å². The second-order valence-electron chi connectivity index (χ2n) is 10.3. The van der Waals surface area contributed by atoms with Gasteiger partial charge < -0.3 is 5.73 Å². The standard InChI is InChI=1S/C34H38N2.2C2H6/c1-7-9-28-15-17-32-20-33(28)26(6)30-11-8-10-27(18-30)13-14-29-19-31(16-12-24(29)4)34(32,35)25(5)22-36-21-23(2)3;2*1-2/h7-12,15-23H,6,13-14,35H2,1-5H3;2*1-2H3/b9-7-,25-22+,36-21?;;. The number of rotatable bonds is 4. The van der Waals surface area contributed by atoms with E-state index in [0.29, 0.717) is 5.92 Å². The summed E-state index contributed by atoms with van der Waals surface area (Å²) in [5.41, 5.74) is 18.1. The highest BCUT2D eigenvalue weighted by Gasteiger charge is 2.33. The summed E-state index contributed by atoms with van der Waals surface area (Å²) < 4.78 is 0. The van der Waals surface area contributed by atoms with Crippen LogP contribution in [0, 0.1) is 12.8 Å². The molecule has 2 heteroatoms. The van der Waals surface area contributed by atoms with Crippen LogP contribution in [0.5, 0.6) is 0 Å². The van der Waals surface area contributed by atoms with Crippen molar-refractivity contribution in [1.29, 1.82) is 0 Å². The Morgan fingerprint density at radius 2 is 1.62 bits per heavy atom. The number of aliphatic imine (C=N–C) groups is 1. The summed E-state index contributed by atoms with van der Waals surface area (Å²) in [5.74, 6) is 0.374. The van der Waals surface area contributed by atoms with Crippen LogP contribution in [0.3, 0.4) is 0 Å². The molecular formula is C38H50N2. The first-order valence-electron chi connectivity index (χ1n) is 14.9. The number of nitrogens with zero attached hydrogens (tertiary/aromatic N) is 1. The Bertz CT molecular complexity index is 1370. The molecule has 4 rings (SSSR count). The molecule has 1 atom stereocenters. The van der Waals surface area contributed by atoms with Crippen LogP contribution in [-0.2, 0) is 18.4 Å². The third kappa shape index (κ3) is 7.37. The predicted octanol–water partition coefficient (Wildman–Crippen LogP) is 10.1. The van der Waals surface area contributed by atoms with Crippen LogP contribution in [0.15, 0.2) is 90.1 Å². The van der Waals surface area contributed by atoms with Gasteiger partial charge in [0.15, 0.2) is 0 Å². The molecule has 0 heterocycles. The van der Waals surface area contributed by atoms with E-state index in [9.17, 15) is 0 Å². The molecule has 212 valence electrons. The average Bonchev–Trinajstić information content (AvgIpc) is 2.98. The van der Waals surface area contributed by atoms with Gasteiger partial charge in [0.2, 0.25) is 0 Å². The molecule has 0 amide bonds. The molecule has 0 aliphatic heterocycles. The predicted molar refractivity (Wildman–Crippen MR) is 179 cm³/mol. The van der Waals surface area contributed by atoms with E-state index in [4.69, 9.17) is 5.73 Å². The second-order valence-corrected chi connectivity index (χ2v) is 10.3. The maximum atomic E-state index is 7.44. The van der Waals surface area contributed by atoms with Gasteiger partial charge >= 0.3 is 0 Å². The molecule has 0 saturated carbocycles. The van der Waals surface area contributed by atoms with Gasteiger partial charge in [-0.3, -0.25) is 4.99 Å². The summed E-state index contributed by atoms with van der Waals surface area (Å²) in [6.45, 7) is 23.1. The van der Waals surface area contributed by atoms with Crippen molar-refractivity contribution in [3.8, 4) is 0 Å². The zero-order valence-electron chi connectivity index (χ0n) is 26.3. The van der Waals surface area contributed by atoms with Crippen molar-refractivity contribution in [2.45, 2.75) is 80.7 Å². The molecule has 1 unspecified atom stereocenters. The lowest BCUT2D eigenvalue weighted by molar-refractivity contribution is 0.631. The number of allylic oxidation sites excluding steroid dienone is 1. The zero-order chi connectivity index (χ0) is 29.9. The first kappa shape index (κ1) is 32.7. The quantitative estimate of drug-likeness (QED) is 0.332. The van der Waals surface area contributed by atoms with Crippen LogP contribution in [0.4, 0.5) is 0 Å². The Kier molecular flexibility index (Phi) is 12.5. The van der Waals surface area contributed by atoms with Crippen molar-refractivity contribution >= 4 is 17.9 Å². The molecule has 0 saturated heterocycles. The summed E-state index contributed by atoms with van der Waals surface area (Å²) in [5, 5.41) is 0. The Hall–Kier alpha value is -3.49. The fraction of sp³-hybridized carbons (Fsp3) is 0.342. The maximum Gasteiger partial charge on any atom is 0.0897 e. The third-order valence-corrected chi connectivity index (χ3v) is 7.22. The van der Waals surface area contributed by atoms with Crippen molar-refractivity contribution in [2.24, 2.45) is 16.6 Å². The smallest absolute Gasteiger partial charge is 0.0897 e. The summed E-state index contributed by atoms with van der Waals surface area (Å²) >= 11 is 0. The van der Waals surface area contributed by atoms with E-state index in [0.717, 1.165) is 51.8 Å². The number of nitrogens with two attached hydrogens (primary N) is 1. The fourth-order valence-electron chi connectivity index (χ4n) is 4.97. The van der Waals surface area contributed by atoms with E-state index >= 15 is 0 Å². The van der Waals surface area contributed by atoms with Crippen molar-refractivity contribution < 1.29 is 0 Å². The molecule has 2 nitrogen and oxygen atoms in total. The lowest BCUT2D eigenvalue weighted by Crippen LogP contribution is -2.39. The van der Waals surface area contributed by atoms with Crippen molar-refractivity contribution in [1.82, 2.24) is 0 Å². The van der Waals surface area contributed by atoms with Gasteiger partial charge in [-0.1, -0.05) is 115 Å². The number of hydrogen-bond donors (Lipinski definition) is 1. The summed E-state index contributed by atoms with van der Waals surface area (Å²) in [7, 11) is 0. The molecule has 3 aromatic carbocycles. The van der Waals surface area contributed by atoms with Crippen LogP contribution in [0.1, 0.15) is 99.9 Å². The van der Waals surface area contributed by atoms with E-state index in [1.54, 1.807) is 0 Å². The van der Waals surface area contributed by atoms with Crippen LogP contribution >= 0.6 is 0 Å². The van der Waals surface area contributed by atoms with Crippen LogP contribution in [0.2, 0.25) is 0 Å². The molecule has 1 aliphatic rings. The molecule has 1 aliphatic carbocycles. The van der Waals surface area contributed by atoms with Crippen LogP contribution < -0.4 is 5.73 Å². The molecule has 0 radical (unpaired) electrons. The van der Waals surface area contributed by atoms with Crippen molar-refractivity contribution in [3.05, 3.63) is 130 Å². The van der Waals surface area contributed by atoms with Gasteiger partial charge in [-0.2, -0.15) is 0 Å². The SMILES string of the molecule is C=C1c2cccc(c2)CCc2cc(ccc2C)C(N)(/C(C)=C/N=CC(C)C)c2ccc(/C=C\C)c1c2.CC.CC. The molecule has 3 aromatic rings. The number of aryl methyl sites for hydroxylation is 3. The highest BCUT2D eigenvalue weighted by molar-refractivity contribution is 5.84. The van der Waals surface area contributed by atoms with E-state index in [-0.39, 0.29) is 0 Å². The zero-order valence-corrected chi connectivity index (χ0v) is 26.3. The minimum absolute atomic E-state index is 0.374. The monoisotopic (exact) mass is 534 g/mol. The largest absolute Gasteiger partial charge is 0.314 e. The fourth-order valence-corrected chi connectivity index (χ4v) is 4.97. The first-order valence-corrected chi connectivity index (χ1v) is 14.9. The maximum absolute atomic E-state index is 7.44. The molecule has 40 heavy (non-hydrogen) atoms. The Balaban J connectivity index is 0.00000134. The lowest BCUT2D eigenvalue weighted by atomic mass is 9.76. The van der Waals surface area contributed by atoms with Crippen LogP contribution in [0.25, 0.3) is 11.6 Å². The summed E-state index contributed by atoms with van der Waals surface area (Å²) in [4.78, 5) is 4.62. The van der Waals surface area contributed by atoms with Gasteiger partial charge in [0.1, 0.15) is 0 Å². The number of hydrogen-bond acceptors (Lipinski definition) is 2. The highest BCUT2D eigenvalue weighted by Crippen LogP contribution is 2.38. The molecule has 6 bridgehead atoms. The van der Waals surface area contributed by atoms with Gasteiger partial charge in [0, 0.05) is 12.4 Å². The van der Waals surface area contributed by atoms with E-state index < -0.39 is 5.54 Å². The normalized spacial score (nSPS) is 16.9. The minimum Gasteiger partial charge on any atom is -0.314 e. The van der Waals surface area contributed by atoms with Crippen molar-refractivity contribution in [2.75, 3.05) is 0 Å². The van der Waals surface area contributed by atoms with Gasteiger partial charge in [0.25, 0.3) is 0 Å². The van der Waals surface area contributed by atoms with Crippen LogP contribution in [-0.4, -0.2) is 6.21 Å². The highest BCUT2D eigenvalue weighted by atomic mass is 14.8. The molecule has 0 spiro atoms. The lowest BCUT2D eigenvalue weighted by Gasteiger charge is -2.33. The van der Waals surface area contributed by atoms with Gasteiger partial charge in [0.05, 0.1) is 5.54 Å². The number of benzene rings is 3. The first-order chi connectivity index (χ1) is 19.2. The molecule has 0 fully saturated rings. The van der Waals surface area contributed by atoms with Gasteiger partial charge in [-0.25, -0.2) is 0 Å². The Morgan fingerprint density at radius 1 is 0.950 bits per heavy atom. The van der Waals surface area contributed by atoms with E-state index in [1.165, 1.54) is 16.7 Å². The van der Waals surface area contributed by atoms with E-state index in [1.807, 2.05) is 47.0 Å². The third-order valence-electron chi connectivity index (χ3n) is 7.22. The Labute approximate surface area is 244 Å². The average molecular weight is 535 g/mol. The molecule has 2 N–H and O–H groups in total. The summed E-state index contributed by atoms with van der Waals surface area (Å²) in [6, 6.07) is 22.0. The Morgan fingerprint density at radius 3 is 2.30 bits per heavy atom. The minimum atomic E-state index is -0.827. The molecular weight excluding hydrogens is 484 g/mol. The summed E-state index contributed by atoms with van der Waals surface area (Å²) in [6.07, 6.45) is 10.0. The van der Waals surface area contributed by atoms with Crippen molar-refractivity contribution in [3.63, 3.8) is 0 Å².